The van der Waals surface area contributed by atoms with Crippen LogP contribution in [0.25, 0.3) is 21.8 Å². The maximum Gasteiger partial charge on any atom is 0.319 e. The summed E-state index contributed by atoms with van der Waals surface area (Å²) < 4.78 is 2.29. The molecule has 5 rings (SSSR count). The molecule has 5 nitrogen and oxygen atoms in total. The van der Waals surface area contributed by atoms with Gasteiger partial charge in [0.2, 0.25) is 0 Å². The van der Waals surface area contributed by atoms with Crippen LogP contribution in [0.5, 0.6) is 0 Å². The second-order valence-corrected chi connectivity index (χ2v) is 7.96. The molecule has 0 aliphatic carbocycles. The number of nitrogens with one attached hydrogen (secondary N) is 2. The normalized spacial score (nSPS) is 16.5. The van der Waals surface area contributed by atoms with E-state index in [0.717, 1.165) is 27.4 Å². The summed E-state index contributed by atoms with van der Waals surface area (Å²) in [5, 5.41) is 7.98. The predicted molar refractivity (Wildman–Crippen MR) is 123 cm³/mol. The van der Waals surface area contributed by atoms with Gasteiger partial charge in [0.1, 0.15) is 0 Å². The number of ketones is 1. The molecule has 31 heavy (non-hydrogen) atoms. The van der Waals surface area contributed by atoms with Crippen LogP contribution in [0.4, 0.5) is 4.79 Å². The Balaban J connectivity index is 1.81. The number of carbonyl (C=O) groups excluding carboxylic acids is 2. The molecule has 1 aliphatic rings. The van der Waals surface area contributed by atoms with Gasteiger partial charge in [-0.05, 0) is 25.5 Å². The average molecular weight is 409 g/mol. The number of urea groups is 1. The lowest BCUT2D eigenvalue weighted by Crippen LogP contribution is -2.44. The van der Waals surface area contributed by atoms with Crippen LogP contribution >= 0.6 is 0 Å². The fourth-order valence-corrected chi connectivity index (χ4v) is 4.69. The molecule has 3 aromatic carbocycles. The summed E-state index contributed by atoms with van der Waals surface area (Å²) in [7, 11) is 0. The smallest absolute Gasteiger partial charge is 0.319 e. The number of fused-ring (bicyclic) bond motifs is 3. The lowest BCUT2D eigenvalue weighted by Gasteiger charge is -2.29. The highest BCUT2D eigenvalue weighted by Gasteiger charge is 2.31. The van der Waals surface area contributed by atoms with Gasteiger partial charge in [-0.3, -0.25) is 4.79 Å². The van der Waals surface area contributed by atoms with E-state index in [1.54, 1.807) is 13.8 Å². The molecule has 2 amide bonds. The van der Waals surface area contributed by atoms with Gasteiger partial charge in [-0.1, -0.05) is 66.7 Å². The van der Waals surface area contributed by atoms with Crippen LogP contribution in [0.15, 0.2) is 84.1 Å². The van der Waals surface area contributed by atoms with E-state index in [1.165, 1.54) is 5.56 Å². The fourth-order valence-electron chi connectivity index (χ4n) is 4.69. The summed E-state index contributed by atoms with van der Waals surface area (Å²) in [6.45, 7) is 4.02. The zero-order chi connectivity index (χ0) is 21.5. The van der Waals surface area contributed by atoms with Crippen molar-refractivity contribution in [2.75, 3.05) is 0 Å². The Bertz CT molecular complexity index is 1370. The standard InChI is InChI=1S/C26H23N3O2/c1-16-23(17(2)30)24(28-26(31)27-16)21-13-8-12-20-19-11-6-7-14-22(19)29(25(20)21)15-18-9-4-3-5-10-18/h3-14,24H,15H2,1-2H3,(H2,27,28,31). The SMILES string of the molecule is CC(=O)C1=C(C)NC(=O)NC1c1cccc2c3ccccc3n(Cc3ccccc3)c12. The lowest BCUT2D eigenvalue weighted by molar-refractivity contribution is -0.114. The monoisotopic (exact) mass is 409 g/mol. The number of allylic oxidation sites excluding steroid dienone is 1. The zero-order valence-electron chi connectivity index (χ0n) is 17.5. The summed E-state index contributed by atoms with van der Waals surface area (Å²) in [6.07, 6.45) is 0. The van der Waals surface area contributed by atoms with E-state index < -0.39 is 6.04 Å². The van der Waals surface area contributed by atoms with E-state index in [0.29, 0.717) is 17.8 Å². The lowest BCUT2D eigenvalue weighted by atomic mass is 9.91. The molecule has 0 saturated heterocycles. The highest BCUT2D eigenvalue weighted by Crippen LogP contribution is 2.37. The second-order valence-electron chi connectivity index (χ2n) is 7.96. The average Bonchev–Trinajstić information content (AvgIpc) is 3.07. The molecule has 0 fully saturated rings. The van der Waals surface area contributed by atoms with Crippen molar-refractivity contribution in [1.82, 2.24) is 15.2 Å². The van der Waals surface area contributed by atoms with Crippen LogP contribution in [-0.4, -0.2) is 16.4 Å². The second kappa shape index (κ2) is 7.43. The van der Waals surface area contributed by atoms with Crippen molar-refractivity contribution >= 4 is 33.6 Å². The summed E-state index contributed by atoms with van der Waals surface area (Å²) in [6, 6.07) is 23.9. The molecular weight excluding hydrogens is 386 g/mol. The largest absolute Gasteiger partial charge is 0.336 e. The summed E-state index contributed by atoms with van der Waals surface area (Å²) in [5.41, 5.74) is 5.45. The van der Waals surface area contributed by atoms with Crippen molar-refractivity contribution in [3.05, 3.63) is 95.2 Å². The van der Waals surface area contributed by atoms with Crippen LogP contribution in [0.2, 0.25) is 0 Å². The number of hydrogen-bond donors (Lipinski definition) is 2. The van der Waals surface area contributed by atoms with Gasteiger partial charge in [0.25, 0.3) is 0 Å². The number of nitrogens with zero attached hydrogens (tertiary/aromatic N) is 1. The third kappa shape index (κ3) is 3.19. The fraction of sp³-hybridized carbons (Fsp3) is 0.154. The minimum atomic E-state index is -0.506. The van der Waals surface area contributed by atoms with Crippen molar-refractivity contribution in [2.45, 2.75) is 26.4 Å². The van der Waals surface area contributed by atoms with Gasteiger partial charge >= 0.3 is 6.03 Å². The Morgan fingerprint density at radius 3 is 2.42 bits per heavy atom. The van der Waals surface area contributed by atoms with Gasteiger partial charge in [0.05, 0.1) is 11.6 Å². The zero-order valence-corrected chi connectivity index (χ0v) is 17.5. The van der Waals surface area contributed by atoms with Crippen LogP contribution in [0.3, 0.4) is 0 Å². The Labute approximate surface area is 180 Å². The maximum atomic E-state index is 12.5. The first-order valence-electron chi connectivity index (χ1n) is 10.4. The summed E-state index contributed by atoms with van der Waals surface area (Å²) in [4.78, 5) is 24.9. The Morgan fingerprint density at radius 2 is 1.65 bits per heavy atom. The number of rotatable bonds is 4. The third-order valence-corrected chi connectivity index (χ3v) is 5.97. The minimum absolute atomic E-state index is 0.0577. The highest BCUT2D eigenvalue weighted by atomic mass is 16.2. The summed E-state index contributed by atoms with van der Waals surface area (Å²) >= 11 is 0. The molecule has 0 saturated carbocycles. The number of benzene rings is 3. The van der Waals surface area contributed by atoms with Gasteiger partial charge in [-0.25, -0.2) is 4.79 Å². The van der Waals surface area contributed by atoms with Crippen molar-refractivity contribution in [3.63, 3.8) is 0 Å². The topological polar surface area (TPSA) is 63.1 Å². The molecule has 2 N–H and O–H groups in total. The number of carbonyl (C=O) groups is 2. The van der Waals surface area contributed by atoms with Gasteiger partial charge in [0, 0.05) is 39.7 Å². The first-order chi connectivity index (χ1) is 15.0. The van der Waals surface area contributed by atoms with Gasteiger partial charge < -0.3 is 15.2 Å². The molecule has 1 unspecified atom stereocenters. The van der Waals surface area contributed by atoms with Crippen LogP contribution in [0, 0.1) is 0 Å². The molecule has 5 heteroatoms. The van der Waals surface area contributed by atoms with E-state index in [9.17, 15) is 9.59 Å². The first kappa shape index (κ1) is 19.1. The predicted octanol–water partition coefficient (Wildman–Crippen LogP) is 5.06. The van der Waals surface area contributed by atoms with E-state index in [1.807, 2.05) is 42.5 Å². The molecule has 1 aliphatic heterocycles. The van der Waals surface area contributed by atoms with Crippen molar-refractivity contribution in [3.8, 4) is 0 Å². The molecular formula is C26H23N3O2. The quantitative estimate of drug-likeness (QED) is 0.495. The number of Topliss-reactive ketones (excluding diaryl/α,β-unsaturated/α-hetero) is 1. The van der Waals surface area contributed by atoms with E-state index in [-0.39, 0.29) is 11.8 Å². The molecule has 0 spiro atoms. The third-order valence-electron chi connectivity index (χ3n) is 5.97. The van der Waals surface area contributed by atoms with Crippen molar-refractivity contribution in [2.24, 2.45) is 0 Å². The number of amides is 2. The van der Waals surface area contributed by atoms with Crippen LogP contribution in [-0.2, 0) is 11.3 Å². The number of para-hydroxylation sites is 2. The molecule has 0 bridgehead atoms. The molecule has 2 heterocycles. The number of aromatic nitrogens is 1. The van der Waals surface area contributed by atoms with Crippen LogP contribution < -0.4 is 10.6 Å². The Hall–Kier alpha value is -3.86. The summed E-state index contributed by atoms with van der Waals surface area (Å²) in [5.74, 6) is -0.0577. The maximum absolute atomic E-state index is 12.5. The molecule has 1 atom stereocenters. The number of hydrogen-bond acceptors (Lipinski definition) is 2. The van der Waals surface area contributed by atoms with Gasteiger partial charge in [-0.15, -0.1) is 0 Å². The molecule has 154 valence electrons. The van der Waals surface area contributed by atoms with E-state index in [4.69, 9.17) is 0 Å². The van der Waals surface area contributed by atoms with Gasteiger partial charge in [0.15, 0.2) is 5.78 Å². The van der Waals surface area contributed by atoms with E-state index >= 15 is 0 Å². The first-order valence-corrected chi connectivity index (χ1v) is 10.4. The van der Waals surface area contributed by atoms with Gasteiger partial charge in [-0.2, -0.15) is 0 Å². The van der Waals surface area contributed by atoms with E-state index in [2.05, 4.69) is 45.5 Å². The van der Waals surface area contributed by atoms with Crippen LogP contribution in [0.1, 0.15) is 31.0 Å². The Morgan fingerprint density at radius 1 is 0.935 bits per heavy atom. The highest BCUT2D eigenvalue weighted by molar-refractivity contribution is 6.10. The molecule has 4 aromatic rings. The van der Waals surface area contributed by atoms with Crippen molar-refractivity contribution in [1.29, 1.82) is 0 Å². The molecule has 1 aromatic heterocycles. The molecule has 0 radical (unpaired) electrons. The van der Waals surface area contributed by atoms with Crippen molar-refractivity contribution < 1.29 is 9.59 Å². The minimum Gasteiger partial charge on any atom is -0.336 e. The Kier molecular flexibility index (Phi) is 4.59.